The third-order valence-corrected chi connectivity index (χ3v) is 9.82. The first-order valence-corrected chi connectivity index (χ1v) is 13.6. The van der Waals surface area contributed by atoms with Crippen molar-refractivity contribution in [3.05, 3.63) is 0 Å². The van der Waals surface area contributed by atoms with E-state index in [2.05, 4.69) is 39.2 Å². The normalized spacial score (nSPS) is 23.0. The van der Waals surface area contributed by atoms with E-state index in [1.807, 2.05) is 0 Å². The number of amides is 1. The number of hydrogen-bond acceptors (Lipinski definition) is 7. The van der Waals surface area contributed by atoms with Crippen molar-refractivity contribution >= 4 is 20.4 Å². The molecule has 1 fully saturated rings. The molecule has 1 amide bonds. The van der Waals surface area contributed by atoms with Gasteiger partial charge in [0.25, 0.3) is 0 Å². The molecule has 30 heavy (non-hydrogen) atoms. The van der Waals surface area contributed by atoms with Crippen molar-refractivity contribution in [2.45, 2.75) is 96.9 Å². The molecule has 0 aromatic carbocycles. The van der Waals surface area contributed by atoms with Crippen LogP contribution in [0.3, 0.4) is 0 Å². The summed E-state index contributed by atoms with van der Waals surface area (Å²) in [6.45, 7) is 18.9. The van der Waals surface area contributed by atoms with Crippen LogP contribution in [0.1, 0.15) is 54.9 Å². The number of carbonyl (C=O) groups is 2. The molecule has 0 aromatic heterocycles. The summed E-state index contributed by atoms with van der Waals surface area (Å²) in [6, 6.07) is -0.432. The fourth-order valence-electron chi connectivity index (χ4n) is 2.63. The average molecular weight is 448 g/mol. The first-order chi connectivity index (χ1) is 13.6. The molecule has 0 saturated carbocycles. The Bertz CT molecular complexity index is 569. The standard InChI is InChI=1S/C21H41NO7Si/c1-10-25-18(23)14-27-17-11-15(12-28-30(8,9)21(5,6)7)26-13-16(17)22-19(24)29-20(2,3)4/h15-17H,10-14H2,1-9H3,(H,22,24)/t15-,16-,17+/m0/s1. The molecule has 1 heterocycles. The Morgan fingerprint density at radius 1 is 1.13 bits per heavy atom. The summed E-state index contributed by atoms with van der Waals surface area (Å²) in [7, 11) is -1.91. The summed E-state index contributed by atoms with van der Waals surface area (Å²) in [5.41, 5.74) is -0.611. The van der Waals surface area contributed by atoms with Crippen molar-refractivity contribution in [1.29, 1.82) is 0 Å². The smallest absolute Gasteiger partial charge is 0.408 e. The van der Waals surface area contributed by atoms with Gasteiger partial charge in [-0.2, -0.15) is 0 Å². The van der Waals surface area contributed by atoms with Crippen LogP contribution in [0.4, 0.5) is 4.79 Å². The summed E-state index contributed by atoms with van der Waals surface area (Å²) in [5.74, 6) is -0.436. The maximum atomic E-state index is 12.2. The molecular formula is C21H41NO7Si. The molecule has 0 aromatic rings. The van der Waals surface area contributed by atoms with Gasteiger partial charge in [0, 0.05) is 6.42 Å². The van der Waals surface area contributed by atoms with Crippen molar-refractivity contribution in [1.82, 2.24) is 5.32 Å². The maximum Gasteiger partial charge on any atom is 0.408 e. The van der Waals surface area contributed by atoms with Gasteiger partial charge in [-0.25, -0.2) is 9.59 Å². The van der Waals surface area contributed by atoms with Crippen LogP contribution in [-0.4, -0.2) is 70.7 Å². The first kappa shape index (κ1) is 26.9. The monoisotopic (exact) mass is 447 g/mol. The SMILES string of the molecule is CCOC(=O)CO[C@@H]1C[C@@H](CO[Si](C)(C)C(C)(C)C)OC[C@@H]1NC(=O)OC(C)(C)C. The second kappa shape index (κ2) is 10.9. The van der Waals surface area contributed by atoms with Gasteiger partial charge < -0.3 is 28.7 Å². The number of alkyl carbamates (subject to hydrolysis) is 1. The van der Waals surface area contributed by atoms with Crippen LogP contribution in [-0.2, 0) is 28.2 Å². The first-order valence-electron chi connectivity index (χ1n) is 10.7. The van der Waals surface area contributed by atoms with E-state index in [9.17, 15) is 9.59 Å². The van der Waals surface area contributed by atoms with Crippen molar-refractivity contribution in [3.63, 3.8) is 0 Å². The largest absolute Gasteiger partial charge is 0.464 e. The molecule has 3 atom stereocenters. The van der Waals surface area contributed by atoms with E-state index in [4.69, 9.17) is 23.4 Å². The van der Waals surface area contributed by atoms with E-state index in [1.165, 1.54) is 0 Å². The third-order valence-electron chi connectivity index (χ3n) is 5.31. The van der Waals surface area contributed by atoms with E-state index < -0.39 is 38.1 Å². The molecule has 1 aliphatic rings. The van der Waals surface area contributed by atoms with Crippen molar-refractivity contribution in [2.24, 2.45) is 0 Å². The number of rotatable bonds is 8. The number of hydrogen-bond donors (Lipinski definition) is 1. The Labute approximate surface area is 182 Å². The zero-order chi connectivity index (χ0) is 23.2. The predicted molar refractivity (Wildman–Crippen MR) is 117 cm³/mol. The van der Waals surface area contributed by atoms with Gasteiger partial charge in [0.15, 0.2) is 8.32 Å². The average Bonchev–Trinajstić information content (AvgIpc) is 2.57. The Morgan fingerprint density at radius 2 is 1.77 bits per heavy atom. The van der Waals surface area contributed by atoms with Gasteiger partial charge in [-0.05, 0) is 45.8 Å². The molecule has 0 bridgehead atoms. The Kier molecular flexibility index (Phi) is 9.79. The molecule has 1 rings (SSSR count). The quantitative estimate of drug-likeness (QED) is 0.448. The highest BCUT2D eigenvalue weighted by molar-refractivity contribution is 6.74. The van der Waals surface area contributed by atoms with Crippen LogP contribution in [0.25, 0.3) is 0 Å². The Morgan fingerprint density at radius 3 is 2.30 bits per heavy atom. The van der Waals surface area contributed by atoms with Crippen LogP contribution in [0.15, 0.2) is 0 Å². The topological polar surface area (TPSA) is 92.3 Å². The second-order valence-electron chi connectivity index (χ2n) is 10.2. The van der Waals surface area contributed by atoms with E-state index in [-0.39, 0.29) is 24.4 Å². The Balaban J connectivity index is 2.74. The molecule has 0 unspecified atom stereocenters. The highest BCUT2D eigenvalue weighted by Gasteiger charge is 2.40. The van der Waals surface area contributed by atoms with Gasteiger partial charge in [0.1, 0.15) is 12.2 Å². The van der Waals surface area contributed by atoms with Crippen molar-refractivity contribution in [2.75, 3.05) is 26.4 Å². The molecule has 8 nitrogen and oxygen atoms in total. The van der Waals surface area contributed by atoms with Gasteiger partial charge in [-0.1, -0.05) is 20.8 Å². The molecule has 1 N–H and O–H groups in total. The zero-order valence-corrected chi connectivity index (χ0v) is 21.1. The zero-order valence-electron chi connectivity index (χ0n) is 20.1. The van der Waals surface area contributed by atoms with Crippen LogP contribution in [0.5, 0.6) is 0 Å². The van der Waals surface area contributed by atoms with Gasteiger partial charge in [0.2, 0.25) is 0 Å². The number of ether oxygens (including phenoxy) is 4. The lowest BCUT2D eigenvalue weighted by Crippen LogP contribution is -2.55. The molecular weight excluding hydrogens is 406 g/mol. The molecule has 1 saturated heterocycles. The van der Waals surface area contributed by atoms with E-state index in [0.29, 0.717) is 19.6 Å². The molecule has 0 aliphatic carbocycles. The minimum absolute atomic E-state index is 0.0995. The molecule has 9 heteroatoms. The van der Waals surface area contributed by atoms with Crippen LogP contribution in [0, 0.1) is 0 Å². The van der Waals surface area contributed by atoms with Crippen LogP contribution in [0.2, 0.25) is 18.1 Å². The lowest BCUT2D eigenvalue weighted by Gasteiger charge is -2.40. The van der Waals surface area contributed by atoms with Crippen molar-refractivity contribution < 1.29 is 33.0 Å². The summed E-state index contributed by atoms with van der Waals surface area (Å²) in [4.78, 5) is 23.9. The molecule has 0 spiro atoms. The summed E-state index contributed by atoms with van der Waals surface area (Å²) >= 11 is 0. The Hall–Kier alpha value is -1.16. The van der Waals surface area contributed by atoms with E-state index in [0.717, 1.165) is 0 Å². The van der Waals surface area contributed by atoms with Gasteiger partial charge in [-0.15, -0.1) is 0 Å². The third kappa shape index (κ3) is 9.32. The minimum Gasteiger partial charge on any atom is -0.464 e. The summed E-state index contributed by atoms with van der Waals surface area (Å²) in [6.07, 6.45) is -0.641. The highest BCUT2D eigenvalue weighted by Crippen LogP contribution is 2.37. The van der Waals surface area contributed by atoms with E-state index in [1.54, 1.807) is 27.7 Å². The minimum atomic E-state index is -1.91. The van der Waals surface area contributed by atoms with Crippen LogP contribution < -0.4 is 5.32 Å². The van der Waals surface area contributed by atoms with E-state index >= 15 is 0 Å². The number of nitrogens with one attached hydrogen (secondary N) is 1. The van der Waals surface area contributed by atoms with Gasteiger partial charge in [-0.3, -0.25) is 0 Å². The fourth-order valence-corrected chi connectivity index (χ4v) is 3.66. The summed E-state index contributed by atoms with van der Waals surface area (Å²) in [5, 5.41) is 2.90. The fraction of sp³-hybridized carbons (Fsp3) is 0.905. The lowest BCUT2D eigenvalue weighted by molar-refractivity contribution is -0.156. The molecule has 176 valence electrons. The highest BCUT2D eigenvalue weighted by atomic mass is 28.4. The number of esters is 1. The summed E-state index contributed by atoms with van der Waals surface area (Å²) < 4.78 is 28.3. The van der Waals surface area contributed by atoms with Gasteiger partial charge >= 0.3 is 12.1 Å². The second-order valence-corrected chi connectivity index (χ2v) is 15.0. The van der Waals surface area contributed by atoms with Gasteiger partial charge in [0.05, 0.1) is 38.1 Å². The number of carbonyl (C=O) groups excluding carboxylic acids is 2. The lowest BCUT2D eigenvalue weighted by atomic mass is 10.0. The van der Waals surface area contributed by atoms with Crippen molar-refractivity contribution in [3.8, 4) is 0 Å². The maximum absolute atomic E-state index is 12.2. The van der Waals surface area contributed by atoms with Crippen LogP contribution >= 0.6 is 0 Å². The molecule has 0 radical (unpaired) electrons. The predicted octanol–water partition coefficient (Wildman–Crippen LogP) is 3.64. The molecule has 1 aliphatic heterocycles.